The predicted octanol–water partition coefficient (Wildman–Crippen LogP) is 2.73. The van der Waals surface area contributed by atoms with Gasteiger partial charge in [-0.05, 0) is 72.0 Å². The van der Waals surface area contributed by atoms with Gasteiger partial charge >= 0.3 is 0 Å². The van der Waals surface area contributed by atoms with Gasteiger partial charge < -0.3 is 5.32 Å². The van der Waals surface area contributed by atoms with Crippen molar-refractivity contribution in [2.45, 2.75) is 105 Å². The second-order valence-corrected chi connectivity index (χ2v) is 8.75. The fraction of sp³-hybridized carbons (Fsp3) is 1.00. The largest absolute Gasteiger partial charge is 0.303 e. The molecule has 0 rings (SSSR count). The average molecular weight is 416 g/mol. The highest BCUT2D eigenvalue weighted by molar-refractivity contribution is 4.84. The summed E-state index contributed by atoms with van der Waals surface area (Å²) < 4.78 is 0. The van der Waals surface area contributed by atoms with Crippen LogP contribution in [-0.4, -0.2) is 56.3 Å². The predicted molar refractivity (Wildman–Crippen MR) is 127 cm³/mol. The second-order valence-electron chi connectivity index (χ2n) is 8.75. The summed E-state index contributed by atoms with van der Waals surface area (Å²) in [7, 11) is 2.05. The highest BCUT2D eigenvalue weighted by Gasteiger charge is 2.29. The summed E-state index contributed by atoms with van der Waals surface area (Å²) in [6.07, 6.45) is 6.94. The van der Waals surface area contributed by atoms with Crippen LogP contribution in [0.1, 0.15) is 87.0 Å². The van der Waals surface area contributed by atoms with Crippen LogP contribution in [0.25, 0.3) is 0 Å². The maximum atomic E-state index is 3.74. The fourth-order valence-electron chi connectivity index (χ4n) is 3.44. The first kappa shape index (κ1) is 28.7. The minimum atomic E-state index is -0.205. The Labute approximate surface area is 181 Å². The number of rotatable bonds is 20. The van der Waals surface area contributed by atoms with Crippen molar-refractivity contribution in [2.24, 2.45) is 5.92 Å². The van der Waals surface area contributed by atoms with E-state index < -0.39 is 0 Å². The van der Waals surface area contributed by atoms with Crippen molar-refractivity contribution in [3.63, 3.8) is 0 Å². The van der Waals surface area contributed by atoms with Crippen LogP contribution in [0.5, 0.6) is 0 Å². The van der Waals surface area contributed by atoms with Crippen molar-refractivity contribution in [3.05, 3.63) is 0 Å². The lowest BCUT2D eigenvalue weighted by Gasteiger charge is -2.39. The highest BCUT2D eigenvalue weighted by Crippen LogP contribution is 2.13. The Morgan fingerprint density at radius 2 is 1.59 bits per heavy atom. The first-order chi connectivity index (χ1) is 13.8. The van der Waals surface area contributed by atoms with Gasteiger partial charge in [0.05, 0.1) is 6.17 Å². The molecule has 0 saturated heterocycles. The standard InChI is InChI=1S/C22H53N7/c1-9-12-17-26-29(27-18-19(4)5)21(23-8)14-13-15-22(24-11-3,25-16-10-2)28-20(6)7/h19-21,23-28H,9-18H2,1-8H3. The summed E-state index contributed by atoms with van der Waals surface area (Å²) in [5.74, 6) is 0.404. The summed E-state index contributed by atoms with van der Waals surface area (Å²) in [5, 5.41) is 16.8. The molecule has 29 heavy (non-hydrogen) atoms. The van der Waals surface area contributed by atoms with Crippen LogP contribution in [0.15, 0.2) is 0 Å². The van der Waals surface area contributed by atoms with E-state index in [0.29, 0.717) is 12.0 Å². The Hall–Kier alpha value is -0.280. The maximum absolute atomic E-state index is 3.74. The van der Waals surface area contributed by atoms with Crippen molar-refractivity contribution in [3.8, 4) is 0 Å². The molecule has 0 aliphatic heterocycles. The van der Waals surface area contributed by atoms with Gasteiger partial charge in [0.1, 0.15) is 5.79 Å². The highest BCUT2D eigenvalue weighted by atomic mass is 15.8. The van der Waals surface area contributed by atoms with E-state index in [4.69, 9.17) is 0 Å². The molecule has 2 unspecified atom stereocenters. The van der Waals surface area contributed by atoms with E-state index in [1.54, 1.807) is 0 Å². The summed E-state index contributed by atoms with van der Waals surface area (Å²) in [4.78, 5) is 0. The Morgan fingerprint density at radius 3 is 2.10 bits per heavy atom. The van der Waals surface area contributed by atoms with Gasteiger partial charge in [0, 0.05) is 19.1 Å². The summed E-state index contributed by atoms with van der Waals surface area (Å²) in [5.41, 5.74) is 7.16. The molecule has 0 heterocycles. The summed E-state index contributed by atoms with van der Waals surface area (Å²) >= 11 is 0. The molecule has 0 aliphatic rings. The smallest absolute Gasteiger partial charge is 0.123 e. The molecule has 2 atom stereocenters. The Bertz CT molecular complexity index is 365. The molecule has 0 spiro atoms. The molecule has 0 aromatic carbocycles. The Kier molecular flexibility index (Phi) is 17.2. The van der Waals surface area contributed by atoms with Gasteiger partial charge in [-0.2, -0.15) is 5.12 Å². The van der Waals surface area contributed by atoms with Crippen LogP contribution in [0.3, 0.4) is 0 Å². The van der Waals surface area contributed by atoms with Crippen molar-refractivity contribution in [2.75, 3.05) is 33.2 Å². The lowest BCUT2D eigenvalue weighted by atomic mass is 10.1. The summed E-state index contributed by atoms with van der Waals surface area (Å²) in [6, 6.07) is 0.415. The molecule has 0 bridgehead atoms. The quantitative estimate of drug-likeness (QED) is 0.104. The van der Waals surface area contributed by atoms with Crippen LogP contribution in [0.2, 0.25) is 0 Å². The fourth-order valence-corrected chi connectivity index (χ4v) is 3.44. The van der Waals surface area contributed by atoms with Crippen LogP contribution in [0.4, 0.5) is 0 Å². The molecular formula is C22H53N7. The monoisotopic (exact) mass is 415 g/mol. The Balaban J connectivity index is 4.96. The molecule has 0 amide bonds. The zero-order valence-corrected chi connectivity index (χ0v) is 20.8. The molecule has 7 nitrogen and oxygen atoms in total. The van der Waals surface area contributed by atoms with Crippen molar-refractivity contribution in [1.82, 2.24) is 37.2 Å². The van der Waals surface area contributed by atoms with E-state index in [1.165, 1.54) is 12.8 Å². The molecule has 0 saturated carbocycles. The van der Waals surface area contributed by atoms with Gasteiger partial charge in [-0.25, -0.2) is 10.9 Å². The minimum Gasteiger partial charge on any atom is -0.303 e. The van der Waals surface area contributed by atoms with E-state index in [9.17, 15) is 0 Å². The van der Waals surface area contributed by atoms with Crippen molar-refractivity contribution in [1.29, 1.82) is 0 Å². The topological polar surface area (TPSA) is 75.4 Å². The van der Waals surface area contributed by atoms with Gasteiger partial charge in [0.15, 0.2) is 0 Å². The second kappa shape index (κ2) is 17.4. The number of hydrogen-bond donors (Lipinski definition) is 6. The van der Waals surface area contributed by atoms with Crippen molar-refractivity contribution < 1.29 is 0 Å². The van der Waals surface area contributed by atoms with E-state index in [0.717, 1.165) is 51.9 Å². The van der Waals surface area contributed by atoms with Gasteiger partial charge in [0.25, 0.3) is 0 Å². The lowest BCUT2D eigenvalue weighted by molar-refractivity contribution is 0.0302. The number of unbranched alkanes of at least 4 members (excludes halogenated alkanes) is 1. The van der Waals surface area contributed by atoms with E-state index in [1.807, 2.05) is 0 Å². The maximum Gasteiger partial charge on any atom is 0.123 e. The minimum absolute atomic E-state index is 0.205. The third-order valence-electron chi connectivity index (χ3n) is 4.85. The zero-order valence-electron chi connectivity index (χ0n) is 20.8. The molecule has 0 fully saturated rings. The number of hydrazine groups is 2. The summed E-state index contributed by atoms with van der Waals surface area (Å²) in [6.45, 7) is 19.4. The third-order valence-corrected chi connectivity index (χ3v) is 4.85. The van der Waals surface area contributed by atoms with Crippen LogP contribution in [-0.2, 0) is 0 Å². The molecule has 176 valence electrons. The van der Waals surface area contributed by atoms with Crippen LogP contribution in [0, 0.1) is 5.92 Å². The molecule has 6 N–H and O–H groups in total. The number of nitrogens with one attached hydrogen (secondary N) is 6. The van der Waals surface area contributed by atoms with Gasteiger partial charge in [0.2, 0.25) is 0 Å². The van der Waals surface area contributed by atoms with Crippen LogP contribution >= 0.6 is 0 Å². The third kappa shape index (κ3) is 13.6. The number of hydrogen-bond acceptors (Lipinski definition) is 7. The molecular weight excluding hydrogens is 362 g/mol. The van der Waals surface area contributed by atoms with E-state index >= 15 is 0 Å². The molecule has 0 radical (unpaired) electrons. The zero-order chi connectivity index (χ0) is 22.1. The number of nitrogens with zero attached hydrogens (tertiary/aromatic N) is 1. The molecule has 7 heteroatoms. The SMILES string of the molecule is CCCCNN(NCC(C)C)C(CCCC(NCC)(NCCC)NC(C)C)NC. The molecule has 0 aliphatic carbocycles. The lowest BCUT2D eigenvalue weighted by Crippen LogP contribution is -2.68. The van der Waals surface area contributed by atoms with Crippen molar-refractivity contribution >= 4 is 0 Å². The first-order valence-corrected chi connectivity index (χ1v) is 12.0. The Morgan fingerprint density at radius 1 is 0.862 bits per heavy atom. The van der Waals surface area contributed by atoms with Gasteiger partial charge in [-0.1, -0.05) is 41.0 Å². The van der Waals surface area contributed by atoms with Crippen LogP contribution < -0.4 is 32.1 Å². The average Bonchev–Trinajstić information content (AvgIpc) is 2.66. The molecule has 0 aromatic rings. The first-order valence-electron chi connectivity index (χ1n) is 12.0. The van der Waals surface area contributed by atoms with Gasteiger partial charge in [-0.15, -0.1) is 0 Å². The van der Waals surface area contributed by atoms with E-state index in [2.05, 4.69) is 92.8 Å². The molecule has 0 aromatic heterocycles. The van der Waals surface area contributed by atoms with E-state index in [-0.39, 0.29) is 12.0 Å². The van der Waals surface area contributed by atoms with Gasteiger partial charge in [-0.3, -0.25) is 16.0 Å². The normalized spacial score (nSPS) is 15.4.